The number of rotatable bonds is 15. The van der Waals surface area contributed by atoms with Gasteiger partial charge in [0.05, 0.1) is 10.8 Å². The van der Waals surface area contributed by atoms with E-state index in [0.29, 0.717) is 48.0 Å². The zero-order chi connectivity index (χ0) is 49.5. The fourth-order valence-corrected chi connectivity index (χ4v) is 12.7. The Labute approximate surface area is 436 Å². The van der Waals surface area contributed by atoms with Crippen LogP contribution in [0, 0.1) is 5.92 Å². The standard InChI is InChI=1S/C58H78ClIN4O6/c1-62(55(68)53(45-27-15-10-16-28-45)63(2)56(69)57(37-21-22-38-57)61-51(65)42-60)50(54(67)64-39-23-12-24-40-64)41-52(66)70-58(46-29-17-11-18-30-46,48-31-19-20-32-49(48)59)47-35-33-44(34-36-47)43-25-13-8-6-4-3-5-7-9-14-26-43/h11,17-20,29-36,43,45,50,53H,3-10,12-16,21-28,37-42H2,1-2H3,(H,61,65)/t50-,53-,58?/m0/s1. The molecule has 1 aliphatic heterocycles. The van der Waals surface area contributed by atoms with Gasteiger partial charge in [-0.1, -0.05) is 197 Å². The predicted molar refractivity (Wildman–Crippen MR) is 287 cm³/mol. The van der Waals surface area contributed by atoms with E-state index in [1.165, 1.54) is 68.3 Å². The Balaban J connectivity index is 1.25. The van der Waals surface area contributed by atoms with E-state index in [1.807, 2.05) is 77.2 Å². The van der Waals surface area contributed by atoms with Gasteiger partial charge in [0, 0.05) is 48.9 Å². The van der Waals surface area contributed by atoms with Crippen LogP contribution in [0.1, 0.15) is 182 Å². The Morgan fingerprint density at radius 1 is 0.686 bits per heavy atom. The minimum atomic E-state index is -1.52. The second-order valence-corrected chi connectivity index (χ2v) is 22.0. The highest BCUT2D eigenvalue weighted by atomic mass is 127. The SMILES string of the molecule is CN(C(=O)C1(NC(=O)CI)CCCC1)[C@H](C(=O)N(C)[C@@H](CC(=O)OC(c1ccccc1)(c1ccc(C2CCCCCCCCCCC2)cc1)c1ccccc1Cl)C(=O)N1CCCCC1)C1CCCCC1. The highest BCUT2D eigenvalue weighted by Crippen LogP contribution is 2.45. The van der Waals surface area contributed by atoms with E-state index in [1.54, 1.807) is 23.9 Å². The van der Waals surface area contributed by atoms with E-state index < -0.39 is 35.6 Å². The number of benzene rings is 3. The lowest BCUT2D eigenvalue weighted by atomic mass is 9.78. The zero-order valence-corrected chi connectivity index (χ0v) is 44.9. The van der Waals surface area contributed by atoms with Gasteiger partial charge < -0.3 is 24.8 Å². The van der Waals surface area contributed by atoms with E-state index in [0.717, 1.165) is 82.6 Å². The number of ether oxygens (including phenoxy) is 1. The average molecular weight is 1090 g/mol. The summed E-state index contributed by atoms with van der Waals surface area (Å²) in [6.45, 7) is 1.05. The molecule has 1 N–H and O–H groups in total. The summed E-state index contributed by atoms with van der Waals surface area (Å²) in [4.78, 5) is 78.3. The summed E-state index contributed by atoms with van der Waals surface area (Å²) in [6.07, 6.45) is 23.0. The zero-order valence-electron chi connectivity index (χ0n) is 42.0. The summed E-state index contributed by atoms with van der Waals surface area (Å²) in [5, 5.41) is 3.49. The predicted octanol–water partition coefficient (Wildman–Crippen LogP) is 12.1. The number of likely N-dealkylation sites (N-methyl/N-ethyl adjacent to an activating group) is 2. The third-order valence-electron chi connectivity index (χ3n) is 16.2. The van der Waals surface area contributed by atoms with Crippen LogP contribution in [0.4, 0.5) is 0 Å². The Bertz CT molecular complexity index is 2180. The lowest BCUT2D eigenvalue weighted by molar-refractivity contribution is -0.161. The van der Waals surface area contributed by atoms with Crippen LogP contribution in [0.5, 0.6) is 0 Å². The van der Waals surface area contributed by atoms with E-state index >= 15 is 14.4 Å². The molecule has 0 bridgehead atoms. The van der Waals surface area contributed by atoms with Crippen molar-refractivity contribution >= 4 is 63.8 Å². The molecule has 1 heterocycles. The van der Waals surface area contributed by atoms with Crippen molar-refractivity contribution in [1.82, 2.24) is 20.0 Å². The number of carbonyl (C=O) groups is 5. The van der Waals surface area contributed by atoms with Crippen molar-refractivity contribution in [3.8, 4) is 0 Å². The molecule has 10 nitrogen and oxygen atoms in total. The number of amides is 4. The average Bonchev–Trinajstić information content (AvgIpc) is 3.87. The summed E-state index contributed by atoms with van der Waals surface area (Å²) >= 11 is 9.19. The highest BCUT2D eigenvalue weighted by molar-refractivity contribution is 14.1. The summed E-state index contributed by atoms with van der Waals surface area (Å²) in [6, 6.07) is 23.6. The number of likely N-dealkylation sites (tertiary alicyclic amines) is 1. The Hall–Kier alpha value is -3.97. The van der Waals surface area contributed by atoms with Gasteiger partial charge in [-0.3, -0.25) is 24.0 Å². The third-order valence-corrected chi connectivity index (χ3v) is 17.2. The Morgan fingerprint density at radius 3 is 1.81 bits per heavy atom. The fourth-order valence-electron chi connectivity index (χ4n) is 12.3. The minimum Gasteiger partial charge on any atom is -0.444 e. The maximum Gasteiger partial charge on any atom is 0.310 e. The molecule has 3 aliphatic carbocycles. The van der Waals surface area contributed by atoms with Crippen LogP contribution in [-0.4, -0.2) is 93.5 Å². The molecule has 380 valence electrons. The number of nitrogens with one attached hydrogen (secondary N) is 1. The molecule has 1 saturated heterocycles. The lowest BCUT2D eigenvalue weighted by Crippen LogP contribution is -2.64. The van der Waals surface area contributed by atoms with Crippen molar-refractivity contribution in [2.45, 2.75) is 183 Å². The van der Waals surface area contributed by atoms with Crippen molar-refractivity contribution in [2.24, 2.45) is 5.92 Å². The van der Waals surface area contributed by atoms with E-state index in [2.05, 4.69) is 29.6 Å². The maximum absolute atomic E-state index is 15.5. The molecule has 4 fully saturated rings. The number of hydrogen-bond acceptors (Lipinski definition) is 6. The molecule has 0 aromatic heterocycles. The first kappa shape index (κ1) is 53.8. The Morgan fingerprint density at radius 2 is 1.21 bits per heavy atom. The number of carbonyl (C=O) groups excluding carboxylic acids is 5. The van der Waals surface area contributed by atoms with E-state index in [4.69, 9.17) is 16.3 Å². The van der Waals surface area contributed by atoms with Gasteiger partial charge in [0.2, 0.25) is 23.6 Å². The van der Waals surface area contributed by atoms with Gasteiger partial charge in [0.15, 0.2) is 5.60 Å². The first-order valence-corrected chi connectivity index (χ1v) is 28.7. The van der Waals surface area contributed by atoms with Gasteiger partial charge in [-0.05, 0) is 81.3 Å². The second-order valence-electron chi connectivity index (χ2n) is 20.9. The summed E-state index contributed by atoms with van der Waals surface area (Å²) in [7, 11) is 3.30. The smallest absolute Gasteiger partial charge is 0.310 e. The van der Waals surface area contributed by atoms with Crippen LogP contribution in [0.25, 0.3) is 0 Å². The molecule has 3 saturated carbocycles. The largest absolute Gasteiger partial charge is 0.444 e. The van der Waals surface area contributed by atoms with Crippen LogP contribution >= 0.6 is 34.2 Å². The molecule has 1 unspecified atom stereocenters. The number of alkyl halides is 1. The summed E-state index contributed by atoms with van der Waals surface area (Å²) < 4.78 is 7.22. The van der Waals surface area contributed by atoms with Gasteiger partial charge in [0.25, 0.3) is 0 Å². The molecule has 7 rings (SSSR count). The van der Waals surface area contributed by atoms with Crippen LogP contribution in [0.15, 0.2) is 78.9 Å². The third kappa shape index (κ3) is 13.0. The fraction of sp³-hybridized carbons (Fsp3) is 0.603. The molecule has 3 atom stereocenters. The molecular weight excluding hydrogens is 1010 g/mol. The number of nitrogens with zero attached hydrogens (tertiary/aromatic N) is 3. The number of piperidine rings is 1. The number of hydrogen-bond donors (Lipinski definition) is 1. The van der Waals surface area contributed by atoms with Crippen molar-refractivity contribution in [3.63, 3.8) is 0 Å². The molecule has 4 aliphatic rings. The van der Waals surface area contributed by atoms with Crippen molar-refractivity contribution < 1.29 is 28.7 Å². The quantitative estimate of drug-likeness (QED) is 0.0701. The Kier molecular flexibility index (Phi) is 20.1. The molecule has 4 amide bonds. The summed E-state index contributed by atoms with van der Waals surface area (Å²) in [5.41, 5.74) is 0.687. The number of esters is 1. The molecular formula is C58H78ClIN4O6. The first-order chi connectivity index (χ1) is 34.0. The molecule has 3 aromatic rings. The van der Waals surface area contributed by atoms with Gasteiger partial charge in [0.1, 0.15) is 17.6 Å². The first-order valence-electron chi connectivity index (χ1n) is 26.8. The molecule has 3 aromatic carbocycles. The van der Waals surface area contributed by atoms with Crippen molar-refractivity contribution in [2.75, 3.05) is 31.6 Å². The molecule has 12 heteroatoms. The topological polar surface area (TPSA) is 116 Å². The molecule has 70 heavy (non-hydrogen) atoms. The van der Waals surface area contributed by atoms with E-state index in [9.17, 15) is 9.59 Å². The summed E-state index contributed by atoms with van der Waals surface area (Å²) in [5.74, 6) is -1.57. The van der Waals surface area contributed by atoms with Gasteiger partial charge in [-0.15, -0.1) is 0 Å². The van der Waals surface area contributed by atoms with Crippen LogP contribution in [0.3, 0.4) is 0 Å². The van der Waals surface area contributed by atoms with E-state index in [-0.39, 0.29) is 34.0 Å². The van der Waals surface area contributed by atoms with Crippen molar-refractivity contribution in [3.05, 3.63) is 106 Å². The van der Waals surface area contributed by atoms with Gasteiger partial charge >= 0.3 is 5.97 Å². The molecule has 0 radical (unpaired) electrons. The van der Waals surface area contributed by atoms with Crippen molar-refractivity contribution in [1.29, 1.82) is 0 Å². The second kappa shape index (κ2) is 26.1. The minimum absolute atomic E-state index is 0.159. The van der Waals surface area contributed by atoms with Crippen LogP contribution in [0.2, 0.25) is 5.02 Å². The van der Waals surface area contributed by atoms with Gasteiger partial charge in [-0.2, -0.15) is 0 Å². The van der Waals surface area contributed by atoms with Gasteiger partial charge in [-0.25, -0.2) is 0 Å². The van der Waals surface area contributed by atoms with Crippen LogP contribution in [-0.2, 0) is 34.3 Å². The maximum atomic E-state index is 15.5. The van der Waals surface area contributed by atoms with Crippen LogP contribution < -0.4 is 5.32 Å². The number of halogens is 2. The normalized spacial score (nSPS) is 20.4. The highest BCUT2D eigenvalue weighted by Gasteiger charge is 2.50. The molecule has 0 spiro atoms. The lowest BCUT2D eigenvalue weighted by Gasteiger charge is -2.43. The monoisotopic (exact) mass is 1090 g/mol.